The van der Waals surface area contributed by atoms with E-state index >= 15 is 0 Å². The van der Waals surface area contributed by atoms with Gasteiger partial charge in [0.1, 0.15) is 5.82 Å². The summed E-state index contributed by atoms with van der Waals surface area (Å²) >= 11 is 0. The summed E-state index contributed by atoms with van der Waals surface area (Å²) in [7, 11) is 2.02. The summed E-state index contributed by atoms with van der Waals surface area (Å²) in [4.78, 5) is 27.2. The molecule has 0 unspecified atom stereocenters. The van der Waals surface area contributed by atoms with E-state index in [4.69, 9.17) is 4.52 Å². The zero-order valence-electron chi connectivity index (χ0n) is 15.3. The molecule has 0 aliphatic carbocycles. The molecule has 3 aromatic rings. The molecule has 0 N–H and O–H groups in total. The third-order valence-electron chi connectivity index (χ3n) is 5.03. The number of pyridine rings is 1. The highest BCUT2D eigenvalue weighted by molar-refractivity contribution is 5.76. The van der Waals surface area contributed by atoms with Crippen molar-refractivity contribution in [2.75, 3.05) is 13.1 Å². The smallest absolute Gasteiger partial charge is 0.227 e. The Hall–Kier alpha value is -3.03. The molecule has 0 atom stereocenters. The van der Waals surface area contributed by atoms with Crippen molar-refractivity contribution >= 4 is 5.91 Å². The summed E-state index contributed by atoms with van der Waals surface area (Å²) in [5, 5.41) is 3.98. The summed E-state index contributed by atoms with van der Waals surface area (Å²) in [6.07, 6.45) is 9.90. The number of carbonyl (C=O) groups is 1. The van der Waals surface area contributed by atoms with E-state index < -0.39 is 0 Å². The Kier molecular flexibility index (Phi) is 4.95. The number of carbonyl (C=O) groups excluding carboxylic acids is 1. The van der Waals surface area contributed by atoms with Crippen LogP contribution in [-0.2, 0) is 18.3 Å². The van der Waals surface area contributed by atoms with Crippen LogP contribution in [0, 0.1) is 0 Å². The van der Waals surface area contributed by atoms with Gasteiger partial charge in [0.2, 0.25) is 17.6 Å². The van der Waals surface area contributed by atoms with Crippen molar-refractivity contribution in [3.8, 4) is 11.4 Å². The van der Waals surface area contributed by atoms with E-state index in [-0.39, 0.29) is 5.91 Å². The number of nitrogens with zero attached hydrogens (tertiary/aromatic N) is 6. The monoisotopic (exact) mass is 366 g/mol. The van der Waals surface area contributed by atoms with Gasteiger partial charge in [-0.05, 0) is 25.0 Å². The van der Waals surface area contributed by atoms with Crippen molar-refractivity contribution in [3.05, 3.63) is 48.6 Å². The maximum atomic E-state index is 12.5. The molecule has 8 heteroatoms. The molecule has 1 aliphatic heterocycles. The Labute approximate surface area is 157 Å². The van der Waals surface area contributed by atoms with Gasteiger partial charge < -0.3 is 14.0 Å². The Balaban J connectivity index is 1.28. The van der Waals surface area contributed by atoms with Crippen molar-refractivity contribution in [1.29, 1.82) is 0 Å². The third-order valence-corrected chi connectivity index (χ3v) is 5.03. The zero-order valence-corrected chi connectivity index (χ0v) is 15.3. The van der Waals surface area contributed by atoms with E-state index in [9.17, 15) is 4.79 Å². The molecule has 0 saturated carbocycles. The maximum absolute atomic E-state index is 12.5. The van der Waals surface area contributed by atoms with Crippen LogP contribution in [0.3, 0.4) is 0 Å². The number of aryl methyl sites for hydroxylation is 2. The Morgan fingerprint density at radius 1 is 1.22 bits per heavy atom. The third kappa shape index (κ3) is 3.89. The minimum absolute atomic E-state index is 0.136. The van der Waals surface area contributed by atoms with Gasteiger partial charge >= 0.3 is 0 Å². The lowest BCUT2D eigenvalue weighted by Crippen LogP contribution is -2.38. The lowest BCUT2D eigenvalue weighted by Gasteiger charge is -2.31. The summed E-state index contributed by atoms with van der Waals surface area (Å²) in [5.41, 5.74) is 0.850. The van der Waals surface area contributed by atoms with E-state index in [1.165, 1.54) is 0 Å². The highest BCUT2D eigenvalue weighted by Gasteiger charge is 2.26. The van der Waals surface area contributed by atoms with Gasteiger partial charge in [0.05, 0.1) is 0 Å². The standard InChI is InChI=1S/C19H22N6O2/c1-24-13-10-21-19(24)15-6-11-25(12-7-15)17(26)3-2-16-22-18(23-27-16)14-4-8-20-9-5-14/h4-5,8-10,13,15H,2-3,6-7,11-12H2,1H3. The number of likely N-dealkylation sites (tertiary alicyclic amines) is 1. The summed E-state index contributed by atoms with van der Waals surface area (Å²) in [6.45, 7) is 1.53. The van der Waals surface area contributed by atoms with Crippen LogP contribution in [0.4, 0.5) is 0 Å². The number of piperidine rings is 1. The Morgan fingerprint density at radius 2 is 2.00 bits per heavy atom. The fourth-order valence-corrected chi connectivity index (χ4v) is 3.50. The number of hydrogen-bond donors (Lipinski definition) is 0. The molecule has 0 radical (unpaired) electrons. The van der Waals surface area contributed by atoms with Gasteiger partial charge in [-0.2, -0.15) is 4.98 Å². The van der Waals surface area contributed by atoms with Gasteiger partial charge in [0, 0.05) is 69.2 Å². The molecular formula is C19H22N6O2. The number of aromatic nitrogens is 5. The number of hydrogen-bond acceptors (Lipinski definition) is 6. The molecule has 1 aliphatic rings. The number of rotatable bonds is 5. The first kappa shape index (κ1) is 17.4. The minimum Gasteiger partial charge on any atom is -0.343 e. The van der Waals surface area contributed by atoms with Crippen LogP contribution in [0.2, 0.25) is 0 Å². The summed E-state index contributed by atoms with van der Waals surface area (Å²) in [5.74, 6) is 2.68. The van der Waals surface area contributed by atoms with Crippen LogP contribution < -0.4 is 0 Å². The average molecular weight is 366 g/mol. The normalized spacial score (nSPS) is 15.2. The summed E-state index contributed by atoms with van der Waals surface area (Å²) in [6, 6.07) is 3.65. The van der Waals surface area contributed by atoms with Crippen LogP contribution in [0.15, 0.2) is 41.4 Å². The first-order valence-electron chi connectivity index (χ1n) is 9.18. The molecule has 27 heavy (non-hydrogen) atoms. The van der Waals surface area contributed by atoms with E-state index in [1.807, 2.05) is 36.5 Å². The molecule has 0 aromatic carbocycles. The van der Waals surface area contributed by atoms with Crippen LogP contribution in [0.5, 0.6) is 0 Å². The quantitative estimate of drug-likeness (QED) is 0.688. The fourth-order valence-electron chi connectivity index (χ4n) is 3.50. The molecule has 4 heterocycles. The lowest BCUT2D eigenvalue weighted by molar-refractivity contribution is -0.132. The fraction of sp³-hybridized carbons (Fsp3) is 0.421. The second-order valence-electron chi connectivity index (χ2n) is 6.80. The first-order valence-corrected chi connectivity index (χ1v) is 9.18. The van der Waals surface area contributed by atoms with E-state index in [0.717, 1.165) is 37.3 Å². The summed E-state index contributed by atoms with van der Waals surface area (Å²) < 4.78 is 7.34. The highest BCUT2D eigenvalue weighted by atomic mass is 16.5. The molecule has 3 aromatic heterocycles. The molecular weight excluding hydrogens is 344 g/mol. The van der Waals surface area contributed by atoms with E-state index in [0.29, 0.717) is 30.5 Å². The molecule has 8 nitrogen and oxygen atoms in total. The van der Waals surface area contributed by atoms with E-state index in [1.54, 1.807) is 12.4 Å². The largest absolute Gasteiger partial charge is 0.343 e. The van der Waals surface area contributed by atoms with Gasteiger partial charge in [-0.15, -0.1) is 0 Å². The minimum atomic E-state index is 0.136. The molecule has 4 rings (SSSR count). The SMILES string of the molecule is Cn1ccnc1C1CCN(C(=O)CCc2nc(-c3ccncc3)no2)CC1. The van der Waals surface area contributed by atoms with Crippen LogP contribution in [-0.4, -0.2) is 48.6 Å². The zero-order chi connectivity index (χ0) is 18.6. The average Bonchev–Trinajstić information content (AvgIpc) is 3.36. The van der Waals surface area contributed by atoms with Crippen molar-refractivity contribution < 1.29 is 9.32 Å². The van der Waals surface area contributed by atoms with Crippen molar-refractivity contribution in [2.24, 2.45) is 7.05 Å². The molecule has 0 bridgehead atoms. The van der Waals surface area contributed by atoms with Crippen molar-refractivity contribution in [2.45, 2.75) is 31.6 Å². The molecule has 140 valence electrons. The van der Waals surface area contributed by atoms with Crippen molar-refractivity contribution in [3.63, 3.8) is 0 Å². The van der Waals surface area contributed by atoms with Gasteiger partial charge in [0.15, 0.2) is 0 Å². The highest BCUT2D eigenvalue weighted by Crippen LogP contribution is 2.26. The van der Waals surface area contributed by atoms with Gasteiger partial charge in [-0.3, -0.25) is 9.78 Å². The van der Waals surface area contributed by atoms with Crippen LogP contribution in [0.25, 0.3) is 11.4 Å². The predicted octanol–water partition coefficient (Wildman–Crippen LogP) is 2.20. The molecule has 1 amide bonds. The maximum Gasteiger partial charge on any atom is 0.227 e. The second kappa shape index (κ2) is 7.69. The molecule has 0 spiro atoms. The van der Waals surface area contributed by atoms with Crippen LogP contribution >= 0.6 is 0 Å². The van der Waals surface area contributed by atoms with Crippen molar-refractivity contribution in [1.82, 2.24) is 29.6 Å². The number of imidazole rings is 1. The van der Waals surface area contributed by atoms with Gasteiger partial charge in [0.25, 0.3) is 0 Å². The predicted molar refractivity (Wildman–Crippen MR) is 97.6 cm³/mol. The number of amides is 1. The Bertz CT molecular complexity index is 896. The topological polar surface area (TPSA) is 89.9 Å². The van der Waals surface area contributed by atoms with Gasteiger partial charge in [-0.1, -0.05) is 5.16 Å². The second-order valence-corrected chi connectivity index (χ2v) is 6.80. The van der Waals surface area contributed by atoms with Crippen LogP contribution in [0.1, 0.15) is 36.9 Å². The first-order chi connectivity index (χ1) is 13.2. The van der Waals surface area contributed by atoms with E-state index in [2.05, 4.69) is 24.7 Å². The molecule has 1 fully saturated rings. The Morgan fingerprint density at radius 3 is 2.70 bits per heavy atom. The molecule has 1 saturated heterocycles. The van der Waals surface area contributed by atoms with Gasteiger partial charge in [-0.25, -0.2) is 4.98 Å². The lowest BCUT2D eigenvalue weighted by atomic mass is 9.95.